The molecule has 1 amide bonds. The second-order valence-corrected chi connectivity index (χ2v) is 4.78. The molecule has 120 valence electrons. The summed E-state index contributed by atoms with van der Waals surface area (Å²) in [7, 11) is 1.26. The zero-order valence-electron chi connectivity index (χ0n) is 12.8. The SMILES string of the molecule is CCOc1cc(CO)cc2c1OCC(=O)N2C(C)C(=O)OC. The summed E-state index contributed by atoms with van der Waals surface area (Å²) in [4.78, 5) is 25.3. The Bertz CT molecular complexity index is 586. The molecule has 1 aromatic carbocycles. The summed E-state index contributed by atoms with van der Waals surface area (Å²) in [6.07, 6.45) is 0. The monoisotopic (exact) mass is 309 g/mol. The fourth-order valence-corrected chi connectivity index (χ4v) is 2.36. The minimum atomic E-state index is -0.802. The van der Waals surface area contributed by atoms with Crippen molar-refractivity contribution in [1.29, 1.82) is 0 Å². The third kappa shape index (κ3) is 2.85. The quantitative estimate of drug-likeness (QED) is 0.812. The third-order valence-corrected chi connectivity index (χ3v) is 3.38. The maximum atomic E-state index is 12.2. The van der Waals surface area contributed by atoms with Crippen LogP contribution in [0.4, 0.5) is 5.69 Å². The van der Waals surface area contributed by atoms with Gasteiger partial charge in [-0.2, -0.15) is 0 Å². The average Bonchev–Trinajstić information content (AvgIpc) is 2.53. The van der Waals surface area contributed by atoms with Crippen LogP contribution in [-0.2, 0) is 20.9 Å². The highest BCUT2D eigenvalue weighted by Crippen LogP contribution is 2.42. The van der Waals surface area contributed by atoms with Crippen molar-refractivity contribution in [3.8, 4) is 11.5 Å². The van der Waals surface area contributed by atoms with Crippen molar-refractivity contribution in [2.75, 3.05) is 25.2 Å². The smallest absolute Gasteiger partial charge is 0.328 e. The molecule has 1 atom stereocenters. The zero-order valence-corrected chi connectivity index (χ0v) is 12.8. The topological polar surface area (TPSA) is 85.3 Å². The number of hydrogen-bond donors (Lipinski definition) is 1. The molecule has 1 unspecified atom stereocenters. The second-order valence-electron chi connectivity index (χ2n) is 4.78. The average molecular weight is 309 g/mol. The standard InChI is InChI=1S/C15H19NO6/c1-4-21-12-6-10(7-17)5-11-14(12)22-8-13(18)16(11)9(2)15(19)20-3/h5-6,9,17H,4,7-8H2,1-3H3. The van der Waals surface area contributed by atoms with E-state index >= 15 is 0 Å². The molecule has 1 N–H and O–H groups in total. The van der Waals surface area contributed by atoms with E-state index in [1.54, 1.807) is 19.1 Å². The highest BCUT2D eigenvalue weighted by atomic mass is 16.5. The van der Waals surface area contributed by atoms with Crippen LogP contribution in [0.2, 0.25) is 0 Å². The third-order valence-electron chi connectivity index (χ3n) is 3.38. The van der Waals surface area contributed by atoms with E-state index in [0.29, 0.717) is 29.4 Å². The molecule has 1 aromatic rings. The fourth-order valence-electron chi connectivity index (χ4n) is 2.36. The summed E-state index contributed by atoms with van der Waals surface area (Å²) < 4.78 is 15.7. The number of methoxy groups -OCH3 is 1. The Hall–Kier alpha value is -2.28. The van der Waals surface area contributed by atoms with Gasteiger partial charge in [0.15, 0.2) is 18.1 Å². The number of hydrogen-bond acceptors (Lipinski definition) is 6. The maximum Gasteiger partial charge on any atom is 0.328 e. The molecule has 0 aliphatic carbocycles. The van der Waals surface area contributed by atoms with Crippen molar-refractivity contribution in [2.45, 2.75) is 26.5 Å². The lowest BCUT2D eigenvalue weighted by atomic mass is 10.1. The van der Waals surface area contributed by atoms with E-state index in [9.17, 15) is 14.7 Å². The number of carbonyl (C=O) groups excluding carboxylic acids is 2. The highest BCUT2D eigenvalue weighted by molar-refractivity contribution is 6.03. The molecule has 0 aromatic heterocycles. The number of aliphatic hydroxyl groups excluding tert-OH is 1. The van der Waals surface area contributed by atoms with Gasteiger partial charge in [0.2, 0.25) is 0 Å². The van der Waals surface area contributed by atoms with Gasteiger partial charge in [0.1, 0.15) is 6.04 Å². The van der Waals surface area contributed by atoms with Crippen molar-refractivity contribution in [2.24, 2.45) is 0 Å². The molecule has 0 saturated heterocycles. The van der Waals surface area contributed by atoms with E-state index in [1.165, 1.54) is 12.0 Å². The van der Waals surface area contributed by atoms with Crippen LogP contribution in [0.25, 0.3) is 0 Å². The van der Waals surface area contributed by atoms with Gasteiger partial charge in [-0.1, -0.05) is 0 Å². The van der Waals surface area contributed by atoms with Gasteiger partial charge in [0, 0.05) is 0 Å². The van der Waals surface area contributed by atoms with Crippen molar-refractivity contribution in [1.82, 2.24) is 0 Å². The van der Waals surface area contributed by atoms with Gasteiger partial charge < -0.3 is 19.3 Å². The van der Waals surface area contributed by atoms with Gasteiger partial charge in [-0.15, -0.1) is 0 Å². The minimum absolute atomic E-state index is 0.188. The summed E-state index contributed by atoms with van der Waals surface area (Å²) in [5.41, 5.74) is 0.951. The summed E-state index contributed by atoms with van der Waals surface area (Å²) in [6, 6.07) is 2.46. The van der Waals surface area contributed by atoms with Gasteiger partial charge >= 0.3 is 5.97 Å². The largest absolute Gasteiger partial charge is 0.490 e. The summed E-state index contributed by atoms with van der Waals surface area (Å²) in [6.45, 7) is 3.39. The van der Waals surface area contributed by atoms with Crippen LogP contribution < -0.4 is 14.4 Å². The van der Waals surface area contributed by atoms with Crippen LogP contribution in [0.15, 0.2) is 12.1 Å². The number of carbonyl (C=O) groups is 2. The number of aliphatic hydroxyl groups is 1. The minimum Gasteiger partial charge on any atom is -0.490 e. The number of benzene rings is 1. The number of nitrogens with zero attached hydrogens (tertiary/aromatic N) is 1. The van der Waals surface area contributed by atoms with E-state index in [-0.39, 0.29) is 19.1 Å². The van der Waals surface area contributed by atoms with Crippen LogP contribution in [-0.4, -0.2) is 43.3 Å². The molecule has 0 bridgehead atoms. The van der Waals surface area contributed by atoms with Crippen LogP contribution in [0.5, 0.6) is 11.5 Å². The lowest BCUT2D eigenvalue weighted by Crippen LogP contribution is -2.48. The lowest BCUT2D eigenvalue weighted by Gasteiger charge is -2.33. The first-order valence-corrected chi connectivity index (χ1v) is 6.96. The van der Waals surface area contributed by atoms with E-state index in [1.807, 2.05) is 6.92 Å². The Labute approximate surface area is 128 Å². The summed E-state index contributed by atoms with van der Waals surface area (Å²) >= 11 is 0. The molecular formula is C15H19NO6. The molecule has 1 aliphatic rings. The highest BCUT2D eigenvalue weighted by Gasteiger charge is 2.35. The Morgan fingerprint density at radius 2 is 2.23 bits per heavy atom. The predicted octanol–water partition coefficient (Wildman–Crippen LogP) is 0.864. The predicted molar refractivity (Wildman–Crippen MR) is 78.0 cm³/mol. The molecule has 7 heteroatoms. The van der Waals surface area contributed by atoms with Crippen LogP contribution in [0.1, 0.15) is 19.4 Å². The van der Waals surface area contributed by atoms with Gasteiger partial charge in [-0.05, 0) is 31.5 Å². The molecule has 22 heavy (non-hydrogen) atoms. The molecule has 0 saturated carbocycles. The first-order chi connectivity index (χ1) is 10.5. The van der Waals surface area contributed by atoms with Crippen molar-refractivity contribution in [3.05, 3.63) is 17.7 Å². The fraction of sp³-hybridized carbons (Fsp3) is 0.467. The summed E-state index contributed by atoms with van der Waals surface area (Å²) in [5.74, 6) is -0.0791. The Balaban J connectivity index is 2.54. The maximum absolute atomic E-state index is 12.2. The van der Waals surface area contributed by atoms with Crippen molar-refractivity contribution >= 4 is 17.6 Å². The number of esters is 1. The van der Waals surface area contributed by atoms with Crippen LogP contribution in [0.3, 0.4) is 0 Å². The number of fused-ring (bicyclic) bond motifs is 1. The number of rotatable bonds is 5. The summed E-state index contributed by atoms with van der Waals surface area (Å²) in [5, 5.41) is 9.39. The van der Waals surface area contributed by atoms with Gasteiger partial charge in [0.25, 0.3) is 5.91 Å². The van der Waals surface area contributed by atoms with E-state index < -0.39 is 12.0 Å². The number of ether oxygens (including phenoxy) is 3. The van der Waals surface area contributed by atoms with Crippen LogP contribution >= 0.6 is 0 Å². The molecule has 0 spiro atoms. The van der Waals surface area contributed by atoms with E-state index in [0.717, 1.165) is 0 Å². The van der Waals surface area contributed by atoms with Gasteiger partial charge in [0.05, 0.1) is 26.0 Å². The van der Waals surface area contributed by atoms with E-state index in [4.69, 9.17) is 14.2 Å². The molecule has 0 radical (unpaired) electrons. The molecule has 7 nitrogen and oxygen atoms in total. The first-order valence-electron chi connectivity index (χ1n) is 6.96. The Morgan fingerprint density at radius 1 is 1.50 bits per heavy atom. The molecule has 1 aliphatic heterocycles. The van der Waals surface area contributed by atoms with Crippen molar-refractivity contribution in [3.63, 3.8) is 0 Å². The van der Waals surface area contributed by atoms with Crippen molar-refractivity contribution < 1.29 is 28.9 Å². The first kappa shape index (κ1) is 16.1. The van der Waals surface area contributed by atoms with E-state index in [2.05, 4.69) is 0 Å². The molecule has 0 fully saturated rings. The lowest BCUT2D eigenvalue weighted by molar-refractivity contribution is -0.143. The molecule has 2 rings (SSSR count). The Morgan fingerprint density at radius 3 is 2.82 bits per heavy atom. The van der Waals surface area contributed by atoms with Gasteiger partial charge in [-0.3, -0.25) is 9.69 Å². The second kappa shape index (κ2) is 6.65. The Kier molecular flexibility index (Phi) is 4.87. The number of anilines is 1. The van der Waals surface area contributed by atoms with Gasteiger partial charge in [-0.25, -0.2) is 4.79 Å². The molecule has 1 heterocycles. The molecular weight excluding hydrogens is 290 g/mol. The normalized spacial score (nSPS) is 14.9. The number of amides is 1. The van der Waals surface area contributed by atoms with Crippen LogP contribution in [0, 0.1) is 0 Å². The zero-order chi connectivity index (χ0) is 16.3.